The van der Waals surface area contributed by atoms with Crippen molar-refractivity contribution in [1.29, 1.82) is 0 Å². The average Bonchev–Trinajstić information content (AvgIpc) is 2.05. The van der Waals surface area contributed by atoms with Crippen molar-refractivity contribution in [3.8, 4) is 0 Å². The van der Waals surface area contributed by atoms with Crippen molar-refractivity contribution in [1.82, 2.24) is 9.97 Å². The first-order chi connectivity index (χ1) is 5.72. The van der Waals surface area contributed by atoms with Crippen molar-refractivity contribution in [3.63, 3.8) is 0 Å². The van der Waals surface area contributed by atoms with Gasteiger partial charge >= 0.3 is 0 Å². The van der Waals surface area contributed by atoms with E-state index in [2.05, 4.69) is 23.8 Å². The van der Waals surface area contributed by atoms with Gasteiger partial charge in [0.15, 0.2) is 0 Å². The highest BCUT2D eigenvalue weighted by molar-refractivity contribution is 6.16. The van der Waals surface area contributed by atoms with E-state index in [0.29, 0.717) is 11.8 Å². The Kier molecular flexibility index (Phi) is 3.48. The molecule has 0 saturated carbocycles. The van der Waals surface area contributed by atoms with Crippen molar-refractivity contribution < 1.29 is 0 Å². The van der Waals surface area contributed by atoms with Crippen molar-refractivity contribution in [2.24, 2.45) is 5.92 Å². The van der Waals surface area contributed by atoms with Crippen LogP contribution in [0.15, 0.2) is 12.4 Å². The molecule has 1 aromatic heterocycles. The fourth-order valence-electron chi connectivity index (χ4n) is 0.974. The van der Waals surface area contributed by atoms with E-state index >= 15 is 0 Å². The Morgan fingerprint density at radius 3 is 2.25 bits per heavy atom. The van der Waals surface area contributed by atoms with E-state index in [0.717, 1.165) is 17.8 Å². The molecule has 0 unspecified atom stereocenters. The van der Waals surface area contributed by atoms with Gasteiger partial charge in [-0.15, -0.1) is 11.6 Å². The molecule has 3 heteroatoms. The molecule has 1 aromatic rings. The van der Waals surface area contributed by atoms with Crippen LogP contribution in [0.2, 0.25) is 0 Å². The van der Waals surface area contributed by atoms with Gasteiger partial charge in [-0.1, -0.05) is 13.8 Å². The summed E-state index contributed by atoms with van der Waals surface area (Å²) in [5.74, 6) is 1.07. The number of hydrogen-bond donors (Lipinski definition) is 0. The summed E-state index contributed by atoms with van der Waals surface area (Å²) in [6, 6.07) is 0. The third-order valence-corrected chi connectivity index (χ3v) is 1.79. The lowest BCUT2D eigenvalue weighted by Crippen LogP contribution is -1.99. The molecule has 2 nitrogen and oxygen atoms in total. The maximum Gasteiger partial charge on any atom is 0.0734 e. The summed E-state index contributed by atoms with van der Waals surface area (Å²) >= 11 is 5.58. The van der Waals surface area contributed by atoms with Gasteiger partial charge in [-0.25, -0.2) is 0 Å². The van der Waals surface area contributed by atoms with Crippen LogP contribution in [0.1, 0.15) is 25.2 Å². The fourth-order valence-corrected chi connectivity index (χ4v) is 1.11. The number of hydrogen-bond acceptors (Lipinski definition) is 2. The summed E-state index contributed by atoms with van der Waals surface area (Å²) in [6.45, 7) is 4.33. The molecule has 0 aromatic carbocycles. The zero-order chi connectivity index (χ0) is 8.97. The highest BCUT2D eigenvalue weighted by Gasteiger charge is 1.99. The Balaban J connectivity index is 2.65. The number of aromatic nitrogens is 2. The Morgan fingerprint density at radius 2 is 1.83 bits per heavy atom. The maximum atomic E-state index is 5.58. The second kappa shape index (κ2) is 4.41. The van der Waals surface area contributed by atoms with E-state index in [-0.39, 0.29) is 0 Å². The monoisotopic (exact) mass is 184 g/mol. The smallest absolute Gasteiger partial charge is 0.0734 e. The van der Waals surface area contributed by atoms with Gasteiger partial charge in [-0.3, -0.25) is 9.97 Å². The molecule has 12 heavy (non-hydrogen) atoms. The fraction of sp³-hybridized carbons (Fsp3) is 0.556. The van der Waals surface area contributed by atoms with Gasteiger partial charge in [0.25, 0.3) is 0 Å². The second-order valence-corrected chi connectivity index (χ2v) is 3.50. The first kappa shape index (κ1) is 9.46. The normalized spacial score (nSPS) is 10.7. The number of alkyl halides is 1. The molecule has 0 amide bonds. The highest BCUT2D eigenvalue weighted by Crippen LogP contribution is 2.04. The molecular weight excluding hydrogens is 172 g/mol. The summed E-state index contributed by atoms with van der Waals surface area (Å²) < 4.78 is 0. The molecule has 0 N–H and O–H groups in total. The van der Waals surface area contributed by atoms with Crippen molar-refractivity contribution >= 4 is 11.6 Å². The minimum absolute atomic E-state index is 0.439. The van der Waals surface area contributed by atoms with Gasteiger partial charge in [0.2, 0.25) is 0 Å². The lowest BCUT2D eigenvalue weighted by molar-refractivity contribution is 0.632. The third kappa shape index (κ3) is 2.78. The molecule has 0 aliphatic carbocycles. The molecule has 0 bridgehead atoms. The lowest BCUT2D eigenvalue weighted by atomic mass is 10.1. The summed E-state index contributed by atoms with van der Waals surface area (Å²) in [7, 11) is 0. The summed E-state index contributed by atoms with van der Waals surface area (Å²) in [5, 5.41) is 0. The molecule has 0 atom stereocenters. The molecule has 0 aliphatic rings. The van der Waals surface area contributed by atoms with Crippen LogP contribution in [0, 0.1) is 5.92 Å². The highest BCUT2D eigenvalue weighted by atomic mass is 35.5. The largest absolute Gasteiger partial charge is 0.258 e. The van der Waals surface area contributed by atoms with Crippen LogP contribution >= 0.6 is 11.6 Å². The third-order valence-electron chi connectivity index (χ3n) is 1.51. The quantitative estimate of drug-likeness (QED) is 0.675. The second-order valence-electron chi connectivity index (χ2n) is 3.23. The van der Waals surface area contributed by atoms with Crippen LogP contribution in [-0.2, 0) is 12.3 Å². The van der Waals surface area contributed by atoms with E-state index in [4.69, 9.17) is 11.6 Å². The minimum Gasteiger partial charge on any atom is -0.258 e. The predicted octanol–water partition coefficient (Wildman–Crippen LogP) is 2.41. The average molecular weight is 185 g/mol. The summed E-state index contributed by atoms with van der Waals surface area (Å²) in [4.78, 5) is 8.40. The van der Waals surface area contributed by atoms with E-state index in [1.807, 2.05) is 0 Å². The van der Waals surface area contributed by atoms with Gasteiger partial charge in [0.1, 0.15) is 0 Å². The van der Waals surface area contributed by atoms with E-state index in [1.54, 1.807) is 12.4 Å². The minimum atomic E-state index is 0.439. The lowest BCUT2D eigenvalue weighted by Gasteiger charge is -2.02. The molecular formula is C9H13ClN2. The van der Waals surface area contributed by atoms with Gasteiger partial charge in [-0.2, -0.15) is 0 Å². The Bertz CT molecular complexity index is 231. The number of halogens is 1. The van der Waals surface area contributed by atoms with E-state index in [1.165, 1.54) is 0 Å². The number of nitrogens with zero attached hydrogens (tertiary/aromatic N) is 2. The van der Waals surface area contributed by atoms with Crippen molar-refractivity contribution in [2.75, 3.05) is 0 Å². The molecule has 0 aliphatic heterocycles. The van der Waals surface area contributed by atoms with Crippen molar-refractivity contribution in [2.45, 2.75) is 26.1 Å². The molecule has 0 fully saturated rings. The topological polar surface area (TPSA) is 25.8 Å². The van der Waals surface area contributed by atoms with Crippen LogP contribution in [0.25, 0.3) is 0 Å². The first-order valence-electron chi connectivity index (χ1n) is 4.08. The SMILES string of the molecule is CC(C)Cc1cnc(CCl)cn1. The maximum absolute atomic E-state index is 5.58. The van der Waals surface area contributed by atoms with E-state index in [9.17, 15) is 0 Å². The van der Waals surface area contributed by atoms with Gasteiger partial charge in [-0.05, 0) is 12.3 Å². The molecule has 0 spiro atoms. The van der Waals surface area contributed by atoms with Crippen LogP contribution < -0.4 is 0 Å². The van der Waals surface area contributed by atoms with Crippen LogP contribution in [-0.4, -0.2) is 9.97 Å². The van der Waals surface area contributed by atoms with Crippen molar-refractivity contribution in [3.05, 3.63) is 23.8 Å². The number of rotatable bonds is 3. The van der Waals surface area contributed by atoms with Crippen LogP contribution in [0.5, 0.6) is 0 Å². The molecule has 0 saturated heterocycles. The molecule has 66 valence electrons. The Morgan fingerprint density at radius 1 is 1.25 bits per heavy atom. The zero-order valence-corrected chi connectivity index (χ0v) is 8.17. The zero-order valence-electron chi connectivity index (χ0n) is 7.42. The molecule has 1 heterocycles. The van der Waals surface area contributed by atoms with Crippen LogP contribution in [0.4, 0.5) is 0 Å². The van der Waals surface area contributed by atoms with Gasteiger partial charge in [0.05, 0.1) is 17.3 Å². The van der Waals surface area contributed by atoms with Gasteiger partial charge in [0, 0.05) is 12.4 Å². The summed E-state index contributed by atoms with van der Waals surface area (Å²) in [5.41, 5.74) is 1.88. The Labute approximate surface area is 78.0 Å². The predicted molar refractivity (Wildman–Crippen MR) is 50.1 cm³/mol. The van der Waals surface area contributed by atoms with Crippen LogP contribution in [0.3, 0.4) is 0 Å². The summed E-state index contributed by atoms with van der Waals surface area (Å²) in [6.07, 6.45) is 4.53. The molecule has 1 rings (SSSR count). The molecule has 0 radical (unpaired) electrons. The van der Waals surface area contributed by atoms with E-state index < -0.39 is 0 Å². The Hall–Kier alpha value is -0.630. The van der Waals surface area contributed by atoms with Gasteiger partial charge < -0.3 is 0 Å². The first-order valence-corrected chi connectivity index (χ1v) is 4.61. The standard InChI is InChI=1S/C9H13ClN2/c1-7(2)3-8-5-12-9(4-10)6-11-8/h5-7H,3-4H2,1-2H3.